The molecule has 0 amide bonds. The third kappa shape index (κ3) is 4.26. The van der Waals surface area contributed by atoms with Gasteiger partial charge in [0.2, 0.25) is 0 Å². The summed E-state index contributed by atoms with van der Waals surface area (Å²) in [6.45, 7) is 9.06. The van der Waals surface area contributed by atoms with Crippen molar-refractivity contribution in [3.63, 3.8) is 0 Å². The summed E-state index contributed by atoms with van der Waals surface area (Å²) >= 11 is 0. The fraction of sp³-hybridized carbons (Fsp3) is 1.00. The van der Waals surface area contributed by atoms with E-state index in [1.165, 1.54) is 51.5 Å². The SMILES string of the molecule is CCCC(CCC)N1CCC(CC)CC1CN. The van der Waals surface area contributed by atoms with Crippen LogP contribution in [0.2, 0.25) is 0 Å². The molecule has 17 heavy (non-hydrogen) atoms. The minimum Gasteiger partial charge on any atom is -0.329 e. The Morgan fingerprint density at radius 2 is 1.82 bits per heavy atom. The number of hydrogen-bond acceptors (Lipinski definition) is 2. The van der Waals surface area contributed by atoms with E-state index in [2.05, 4.69) is 25.7 Å². The number of piperidine rings is 1. The first-order valence-corrected chi connectivity index (χ1v) is 7.72. The molecule has 2 unspecified atom stereocenters. The molecule has 1 fully saturated rings. The molecule has 2 N–H and O–H groups in total. The van der Waals surface area contributed by atoms with Crippen LogP contribution in [0.3, 0.4) is 0 Å². The normalized spacial score (nSPS) is 26.6. The fourth-order valence-corrected chi connectivity index (χ4v) is 3.38. The summed E-state index contributed by atoms with van der Waals surface area (Å²) in [4.78, 5) is 2.74. The number of nitrogens with two attached hydrogens (primary N) is 1. The molecule has 0 aromatic carbocycles. The summed E-state index contributed by atoms with van der Waals surface area (Å²) in [6, 6.07) is 1.44. The van der Waals surface area contributed by atoms with E-state index in [0.717, 1.165) is 18.5 Å². The van der Waals surface area contributed by atoms with Crippen LogP contribution in [0.5, 0.6) is 0 Å². The topological polar surface area (TPSA) is 29.3 Å². The maximum atomic E-state index is 6.00. The quantitative estimate of drug-likeness (QED) is 0.739. The van der Waals surface area contributed by atoms with Crippen LogP contribution >= 0.6 is 0 Å². The van der Waals surface area contributed by atoms with Gasteiger partial charge in [-0.3, -0.25) is 4.90 Å². The summed E-state index contributed by atoms with van der Waals surface area (Å²) in [7, 11) is 0. The maximum absolute atomic E-state index is 6.00. The fourth-order valence-electron chi connectivity index (χ4n) is 3.38. The molecule has 102 valence electrons. The van der Waals surface area contributed by atoms with Crippen LogP contribution in [0.25, 0.3) is 0 Å². The Morgan fingerprint density at radius 1 is 1.18 bits per heavy atom. The number of likely N-dealkylation sites (tertiary alicyclic amines) is 1. The van der Waals surface area contributed by atoms with Crippen LogP contribution in [-0.4, -0.2) is 30.1 Å². The van der Waals surface area contributed by atoms with Gasteiger partial charge in [0.15, 0.2) is 0 Å². The molecule has 1 aliphatic heterocycles. The highest BCUT2D eigenvalue weighted by molar-refractivity contribution is 4.86. The van der Waals surface area contributed by atoms with Crippen molar-refractivity contribution < 1.29 is 0 Å². The second kappa shape index (κ2) is 8.10. The van der Waals surface area contributed by atoms with E-state index in [4.69, 9.17) is 5.73 Å². The molecule has 0 bridgehead atoms. The molecule has 0 spiro atoms. The van der Waals surface area contributed by atoms with E-state index < -0.39 is 0 Å². The van der Waals surface area contributed by atoms with Gasteiger partial charge >= 0.3 is 0 Å². The number of nitrogens with zero attached hydrogens (tertiary/aromatic N) is 1. The third-order valence-corrected chi connectivity index (χ3v) is 4.43. The van der Waals surface area contributed by atoms with Crippen molar-refractivity contribution in [3.8, 4) is 0 Å². The van der Waals surface area contributed by atoms with E-state index in [0.29, 0.717) is 6.04 Å². The molecule has 0 saturated carbocycles. The van der Waals surface area contributed by atoms with Gasteiger partial charge in [0.05, 0.1) is 0 Å². The lowest BCUT2D eigenvalue weighted by atomic mass is 9.87. The Bertz CT molecular complexity index is 187. The lowest BCUT2D eigenvalue weighted by Crippen LogP contribution is -2.51. The molecule has 1 heterocycles. The zero-order chi connectivity index (χ0) is 12.7. The van der Waals surface area contributed by atoms with Crippen molar-refractivity contribution in [2.45, 2.75) is 77.8 Å². The van der Waals surface area contributed by atoms with Gasteiger partial charge in [-0.1, -0.05) is 40.0 Å². The van der Waals surface area contributed by atoms with Crippen LogP contribution in [0.1, 0.15) is 65.7 Å². The molecule has 0 aromatic heterocycles. The van der Waals surface area contributed by atoms with Gasteiger partial charge in [0, 0.05) is 18.6 Å². The zero-order valence-electron chi connectivity index (χ0n) is 12.1. The molecular formula is C15H32N2. The number of hydrogen-bond donors (Lipinski definition) is 1. The van der Waals surface area contributed by atoms with Gasteiger partial charge in [-0.05, 0) is 38.1 Å². The van der Waals surface area contributed by atoms with Gasteiger partial charge in [-0.2, -0.15) is 0 Å². The van der Waals surface area contributed by atoms with Crippen molar-refractivity contribution in [2.24, 2.45) is 11.7 Å². The predicted octanol–water partition coefficient (Wildman–Crippen LogP) is 3.40. The highest BCUT2D eigenvalue weighted by Crippen LogP contribution is 2.28. The summed E-state index contributed by atoms with van der Waals surface area (Å²) in [6.07, 6.45) is 9.35. The molecule has 0 aliphatic carbocycles. The number of rotatable bonds is 7. The third-order valence-electron chi connectivity index (χ3n) is 4.43. The summed E-state index contributed by atoms with van der Waals surface area (Å²) in [5.41, 5.74) is 6.00. The van der Waals surface area contributed by atoms with Gasteiger partial charge in [0.1, 0.15) is 0 Å². The van der Waals surface area contributed by atoms with E-state index in [1.54, 1.807) is 0 Å². The van der Waals surface area contributed by atoms with Crippen molar-refractivity contribution in [1.29, 1.82) is 0 Å². The molecular weight excluding hydrogens is 208 g/mol. The first-order chi connectivity index (χ1) is 8.26. The van der Waals surface area contributed by atoms with Crippen LogP contribution in [0.15, 0.2) is 0 Å². The molecule has 0 radical (unpaired) electrons. The predicted molar refractivity (Wildman–Crippen MR) is 76.2 cm³/mol. The van der Waals surface area contributed by atoms with Gasteiger partial charge in [0.25, 0.3) is 0 Å². The second-order valence-electron chi connectivity index (χ2n) is 5.66. The molecule has 1 saturated heterocycles. The Balaban J connectivity index is 2.59. The van der Waals surface area contributed by atoms with Crippen molar-refractivity contribution in [3.05, 3.63) is 0 Å². The first kappa shape index (κ1) is 15.0. The van der Waals surface area contributed by atoms with Gasteiger partial charge in [-0.15, -0.1) is 0 Å². The lowest BCUT2D eigenvalue weighted by Gasteiger charge is -2.43. The largest absolute Gasteiger partial charge is 0.329 e. The molecule has 2 atom stereocenters. The molecule has 0 aromatic rings. The molecule has 2 heteroatoms. The highest BCUT2D eigenvalue weighted by atomic mass is 15.2. The smallest absolute Gasteiger partial charge is 0.0223 e. The van der Waals surface area contributed by atoms with Gasteiger partial charge < -0.3 is 5.73 Å². The standard InChI is InChI=1S/C15H32N2/c1-4-7-14(8-5-2)17-10-9-13(6-3)11-15(17)12-16/h13-15H,4-12,16H2,1-3H3. The van der Waals surface area contributed by atoms with E-state index >= 15 is 0 Å². The second-order valence-corrected chi connectivity index (χ2v) is 5.66. The Morgan fingerprint density at radius 3 is 2.29 bits per heavy atom. The summed E-state index contributed by atoms with van der Waals surface area (Å²) in [5, 5.41) is 0. The van der Waals surface area contributed by atoms with Crippen molar-refractivity contribution >= 4 is 0 Å². The Hall–Kier alpha value is -0.0800. The van der Waals surface area contributed by atoms with E-state index in [-0.39, 0.29) is 0 Å². The molecule has 2 nitrogen and oxygen atoms in total. The monoisotopic (exact) mass is 240 g/mol. The average Bonchev–Trinajstić information content (AvgIpc) is 2.37. The molecule has 1 rings (SSSR count). The summed E-state index contributed by atoms with van der Waals surface area (Å²) in [5.74, 6) is 0.920. The lowest BCUT2D eigenvalue weighted by molar-refractivity contribution is 0.0613. The van der Waals surface area contributed by atoms with Crippen LogP contribution in [0, 0.1) is 5.92 Å². The van der Waals surface area contributed by atoms with E-state index in [9.17, 15) is 0 Å². The summed E-state index contributed by atoms with van der Waals surface area (Å²) < 4.78 is 0. The Labute approximate surface area is 108 Å². The van der Waals surface area contributed by atoms with E-state index in [1.807, 2.05) is 0 Å². The first-order valence-electron chi connectivity index (χ1n) is 7.72. The maximum Gasteiger partial charge on any atom is 0.0223 e. The van der Waals surface area contributed by atoms with Crippen LogP contribution in [0.4, 0.5) is 0 Å². The average molecular weight is 240 g/mol. The molecule has 1 aliphatic rings. The Kier molecular flexibility index (Phi) is 7.14. The van der Waals surface area contributed by atoms with Crippen LogP contribution < -0.4 is 5.73 Å². The van der Waals surface area contributed by atoms with Crippen molar-refractivity contribution in [2.75, 3.05) is 13.1 Å². The van der Waals surface area contributed by atoms with Gasteiger partial charge in [-0.25, -0.2) is 0 Å². The zero-order valence-corrected chi connectivity index (χ0v) is 12.1. The van der Waals surface area contributed by atoms with Crippen molar-refractivity contribution in [1.82, 2.24) is 4.90 Å². The van der Waals surface area contributed by atoms with Crippen LogP contribution in [-0.2, 0) is 0 Å². The minimum absolute atomic E-state index is 0.650. The minimum atomic E-state index is 0.650. The highest BCUT2D eigenvalue weighted by Gasteiger charge is 2.30.